The zero-order valence-electron chi connectivity index (χ0n) is 17.1. The molecule has 0 spiro atoms. The Bertz CT molecular complexity index is 961. The van der Waals surface area contributed by atoms with Gasteiger partial charge in [0.25, 0.3) is 0 Å². The molecule has 1 N–H and O–H groups in total. The standard InChI is InChI=1S/C20H26N2O6S/c1-14(16-8-6-7-9-17(16)26-2)21-20(23)13-22(29(5,24)25)15-10-11-18(27-3)19(12-15)28-4/h6-12,14H,13H2,1-5H3,(H,21,23)/t14-/m1/s1. The molecule has 2 rings (SSSR count). The third kappa shape index (κ3) is 5.54. The Kier molecular flexibility index (Phi) is 7.33. The zero-order valence-corrected chi connectivity index (χ0v) is 17.9. The molecule has 0 aromatic heterocycles. The minimum Gasteiger partial charge on any atom is -0.496 e. The van der Waals surface area contributed by atoms with Crippen LogP contribution >= 0.6 is 0 Å². The van der Waals surface area contributed by atoms with Crippen LogP contribution in [0.3, 0.4) is 0 Å². The van der Waals surface area contributed by atoms with Crippen molar-refractivity contribution < 1.29 is 27.4 Å². The monoisotopic (exact) mass is 422 g/mol. The van der Waals surface area contributed by atoms with Gasteiger partial charge in [0.05, 0.1) is 39.3 Å². The number of carbonyl (C=O) groups is 1. The molecule has 158 valence electrons. The van der Waals surface area contributed by atoms with Gasteiger partial charge in [-0.2, -0.15) is 0 Å². The summed E-state index contributed by atoms with van der Waals surface area (Å²) in [6.45, 7) is 1.42. The van der Waals surface area contributed by atoms with Crippen molar-refractivity contribution in [2.24, 2.45) is 0 Å². The van der Waals surface area contributed by atoms with Crippen molar-refractivity contribution in [3.05, 3.63) is 48.0 Å². The van der Waals surface area contributed by atoms with Crippen molar-refractivity contribution in [2.45, 2.75) is 13.0 Å². The van der Waals surface area contributed by atoms with E-state index in [9.17, 15) is 13.2 Å². The van der Waals surface area contributed by atoms with E-state index in [0.29, 0.717) is 22.9 Å². The van der Waals surface area contributed by atoms with E-state index in [1.165, 1.54) is 20.3 Å². The van der Waals surface area contributed by atoms with Gasteiger partial charge in [-0.3, -0.25) is 9.10 Å². The van der Waals surface area contributed by atoms with Crippen molar-refractivity contribution in [3.8, 4) is 17.2 Å². The number of carbonyl (C=O) groups excluding carboxylic acids is 1. The van der Waals surface area contributed by atoms with Gasteiger partial charge < -0.3 is 19.5 Å². The second-order valence-electron chi connectivity index (χ2n) is 6.34. The third-order valence-corrected chi connectivity index (χ3v) is 5.47. The number of nitrogens with one attached hydrogen (secondary N) is 1. The summed E-state index contributed by atoms with van der Waals surface area (Å²) in [6.07, 6.45) is 1.04. The Morgan fingerprint density at radius 1 is 1.00 bits per heavy atom. The molecule has 8 nitrogen and oxygen atoms in total. The first kappa shape index (κ1) is 22.4. The average molecular weight is 423 g/mol. The van der Waals surface area contributed by atoms with E-state index in [2.05, 4.69) is 5.32 Å². The van der Waals surface area contributed by atoms with Crippen LogP contribution in [-0.2, 0) is 14.8 Å². The lowest BCUT2D eigenvalue weighted by atomic mass is 10.1. The van der Waals surface area contributed by atoms with Gasteiger partial charge in [-0.05, 0) is 25.1 Å². The highest BCUT2D eigenvalue weighted by Crippen LogP contribution is 2.32. The highest BCUT2D eigenvalue weighted by Gasteiger charge is 2.23. The van der Waals surface area contributed by atoms with Crippen LogP contribution < -0.4 is 23.8 Å². The molecule has 0 heterocycles. The molecule has 0 fully saturated rings. The molecular formula is C20H26N2O6S. The Balaban J connectivity index is 2.24. The summed E-state index contributed by atoms with van der Waals surface area (Å²) in [6, 6.07) is 11.6. The maximum absolute atomic E-state index is 12.6. The molecule has 0 saturated heterocycles. The normalized spacial score (nSPS) is 12.0. The summed E-state index contributed by atoms with van der Waals surface area (Å²) in [5.41, 5.74) is 1.09. The number of rotatable bonds is 9. The van der Waals surface area contributed by atoms with Crippen LogP contribution in [0.4, 0.5) is 5.69 Å². The van der Waals surface area contributed by atoms with Gasteiger partial charge in [-0.25, -0.2) is 8.42 Å². The molecule has 0 radical (unpaired) electrons. The van der Waals surface area contributed by atoms with E-state index in [4.69, 9.17) is 14.2 Å². The molecular weight excluding hydrogens is 396 g/mol. The number of amides is 1. The van der Waals surface area contributed by atoms with Crippen LogP contribution in [-0.4, -0.2) is 48.5 Å². The fraction of sp³-hybridized carbons (Fsp3) is 0.350. The van der Waals surface area contributed by atoms with Gasteiger partial charge in [-0.15, -0.1) is 0 Å². The Morgan fingerprint density at radius 2 is 1.62 bits per heavy atom. The van der Waals surface area contributed by atoms with Gasteiger partial charge >= 0.3 is 0 Å². The fourth-order valence-electron chi connectivity index (χ4n) is 2.90. The molecule has 0 aliphatic rings. The summed E-state index contributed by atoms with van der Waals surface area (Å²) in [7, 11) is 0.769. The smallest absolute Gasteiger partial charge is 0.241 e. The number of hydrogen-bond acceptors (Lipinski definition) is 6. The minimum absolute atomic E-state index is 0.297. The number of ether oxygens (including phenoxy) is 3. The predicted molar refractivity (Wildman–Crippen MR) is 111 cm³/mol. The van der Waals surface area contributed by atoms with Crippen molar-refractivity contribution in [1.29, 1.82) is 0 Å². The second kappa shape index (κ2) is 9.51. The largest absolute Gasteiger partial charge is 0.496 e. The molecule has 0 aliphatic carbocycles. The summed E-state index contributed by atoms with van der Waals surface area (Å²) in [5, 5.41) is 2.81. The molecule has 1 amide bonds. The number of methoxy groups -OCH3 is 3. The fourth-order valence-corrected chi connectivity index (χ4v) is 3.75. The van der Waals surface area contributed by atoms with Crippen LogP contribution in [0.5, 0.6) is 17.2 Å². The first-order valence-electron chi connectivity index (χ1n) is 8.83. The molecule has 0 saturated carbocycles. The van der Waals surface area contributed by atoms with Crippen molar-refractivity contribution in [1.82, 2.24) is 5.32 Å². The highest BCUT2D eigenvalue weighted by molar-refractivity contribution is 7.92. The van der Waals surface area contributed by atoms with Crippen molar-refractivity contribution >= 4 is 21.6 Å². The first-order valence-corrected chi connectivity index (χ1v) is 10.7. The molecule has 2 aromatic rings. The molecule has 1 atom stereocenters. The van der Waals surface area contributed by atoms with Gasteiger partial charge in [0.1, 0.15) is 12.3 Å². The number of anilines is 1. The van der Waals surface area contributed by atoms with E-state index >= 15 is 0 Å². The zero-order chi connectivity index (χ0) is 21.6. The summed E-state index contributed by atoms with van der Waals surface area (Å²) < 4.78 is 41.4. The molecule has 2 aromatic carbocycles. The highest BCUT2D eigenvalue weighted by atomic mass is 32.2. The maximum atomic E-state index is 12.6. The first-order chi connectivity index (χ1) is 13.7. The van der Waals surface area contributed by atoms with Crippen LogP contribution in [0.15, 0.2) is 42.5 Å². The summed E-state index contributed by atoms with van der Waals surface area (Å²) in [4.78, 5) is 12.6. The van der Waals surface area contributed by atoms with E-state index in [1.54, 1.807) is 32.2 Å². The van der Waals surface area contributed by atoms with Gasteiger partial charge in [0.2, 0.25) is 15.9 Å². The lowest BCUT2D eigenvalue weighted by Gasteiger charge is -2.24. The van der Waals surface area contributed by atoms with Gasteiger partial charge in [-0.1, -0.05) is 18.2 Å². The molecule has 29 heavy (non-hydrogen) atoms. The number of benzene rings is 2. The van der Waals surface area contributed by atoms with E-state index in [1.807, 2.05) is 18.2 Å². The summed E-state index contributed by atoms with van der Waals surface area (Å²) >= 11 is 0. The van der Waals surface area contributed by atoms with Crippen molar-refractivity contribution in [3.63, 3.8) is 0 Å². The number of sulfonamides is 1. The predicted octanol–water partition coefficient (Wildman–Crippen LogP) is 2.36. The van der Waals surface area contributed by atoms with Crippen LogP contribution in [0, 0.1) is 0 Å². The Morgan fingerprint density at radius 3 is 2.21 bits per heavy atom. The lowest BCUT2D eigenvalue weighted by molar-refractivity contribution is -0.120. The van der Waals surface area contributed by atoms with Crippen LogP contribution in [0.25, 0.3) is 0 Å². The van der Waals surface area contributed by atoms with E-state index in [-0.39, 0.29) is 12.6 Å². The number of para-hydroxylation sites is 1. The van der Waals surface area contributed by atoms with Crippen LogP contribution in [0.1, 0.15) is 18.5 Å². The van der Waals surface area contributed by atoms with Crippen molar-refractivity contribution in [2.75, 3.05) is 38.4 Å². The van der Waals surface area contributed by atoms with E-state index in [0.717, 1.165) is 16.1 Å². The van der Waals surface area contributed by atoms with Gasteiger partial charge in [0, 0.05) is 11.6 Å². The third-order valence-electron chi connectivity index (χ3n) is 4.33. The lowest BCUT2D eigenvalue weighted by Crippen LogP contribution is -2.41. The number of hydrogen-bond donors (Lipinski definition) is 1. The minimum atomic E-state index is -3.72. The topological polar surface area (TPSA) is 94.2 Å². The average Bonchev–Trinajstić information content (AvgIpc) is 2.70. The quantitative estimate of drug-likeness (QED) is 0.667. The van der Waals surface area contributed by atoms with Crippen LogP contribution in [0.2, 0.25) is 0 Å². The maximum Gasteiger partial charge on any atom is 0.241 e. The van der Waals surface area contributed by atoms with E-state index < -0.39 is 15.9 Å². The molecule has 0 bridgehead atoms. The Hall–Kier alpha value is -2.94. The Labute approximate surface area is 171 Å². The molecule has 0 aliphatic heterocycles. The molecule has 9 heteroatoms. The number of nitrogens with zero attached hydrogens (tertiary/aromatic N) is 1. The SMILES string of the molecule is COc1ccc(N(CC(=O)N[C@H](C)c2ccccc2OC)S(C)(=O)=O)cc1OC. The van der Waals surface area contributed by atoms with Gasteiger partial charge in [0.15, 0.2) is 11.5 Å². The summed E-state index contributed by atoms with van der Waals surface area (Å²) in [5.74, 6) is 1.00. The second-order valence-corrected chi connectivity index (χ2v) is 8.25. The molecule has 0 unspecified atom stereocenters.